The van der Waals surface area contributed by atoms with Gasteiger partial charge in [-0.25, -0.2) is 0 Å². The first-order valence-corrected chi connectivity index (χ1v) is 13.4. The summed E-state index contributed by atoms with van der Waals surface area (Å²) in [7, 11) is 0. The highest BCUT2D eigenvalue weighted by atomic mass is 16.6. The van der Waals surface area contributed by atoms with E-state index in [1.165, 1.54) is 0 Å². The third-order valence-corrected chi connectivity index (χ3v) is 11.5. The SMILES string of the molecule is CC(C)[C@H](C)[C@H]1O[C@@H]1[C@](C)(O)[C@H]1CC[C@@]2(O)C3=CC(=O)[C@@H]4C[C@@H](O)[C@@H](O)C[C@]4(C)[C@H]3CC[C@]12C. The van der Waals surface area contributed by atoms with Crippen LogP contribution in [0, 0.1) is 40.4 Å². The van der Waals surface area contributed by atoms with Crippen molar-refractivity contribution in [2.75, 3.05) is 0 Å². The third-order valence-electron chi connectivity index (χ3n) is 11.5. The lowest BCUT2D eigenvalue weighted by atomic mass is 9.45. The molecule has 5 rings (SSSR count). The number of aliphatic hydroxyl groups is 4. The standard InChI is InChI=1S/C28H44O6/c1-14(2)15(3)23-24(34-23)27(6,32)22-8-10-28(33)17-11-19(29)18-12-20(30)21(31)13-25(18,4)16(17)7-9-26(22,28)5/h11,14-16,18,20-24,30-33H,7-10,12-13H2,1-6H3/t15-,16-,18-,20+,21-,22-,23+,24-,25+,26+,27+,28+/m0/s1. The number of carbonyl (C=O) groups is 1. The summed E-state index contributed by atoms with van der Waals surface area (Å²) in [5.74, 6) is 0.304. The van der Waals surface area contributed by atoms with Gasteiger partial charge >= 0.3 is 0 Å². The molecule has 0 bridgehead atoms. The van der Waals surface area contributed by atoms with Crippen LogP contribution in [0.15, 0.2) is 11.6 Å². The number of rotatable bonds is 4. The number of aliphatic hydroxyl groups excluding tert-OH is 2. The van der Waals surface area contributed by atoms with E-state index in [0.717, 1.165) is 18.4 Å². The molecular weight excluding hydrogens is 432 g/mol. The van der Waals surface area contributed by atoms with Crippen molar-refractivity contribution in [2.45, 2.75) is 116 Å². The van der Waals surface area contributed by atoms with Crippen molar-refractivity contribution in [1.82, 2.24) is 0 Å². The molecule has 0 aromatic rings. The van der Waals surface area contributed by atoms with Crippen LogP contribution in [0.5, 0.6) is 0 Å². The minimum absolute atomic E-state index is 0.00925. The van der Waals surface area contributed by atoms with Crippen LogP contribution in [0.4, 0.5) is 0 Å². The summed E-state index contributed by atoms with van der Waals surface area (Å²) in [6.45, 7) is 12.6. The van der Waals surface area contributed by atoms with Crippen LogP contribution < -0.4 is 0 Å². The Morgan fingerprint density at radius 1 is 1.09 bits per heavy atom. The fourth-order valence-corrected chi connectivity index (χ4v) is 8.88. The normalized spacial score (nSPS) is 52.9. The van der Waals surface area contributed by atoms with Gasteiger partial charge in [-0.05, 0) is 86.2 Å². The molecule has 0 aromatic heterocycles. The number of epoxide rings is 1. The van der Waals surface area contributed by atoms with E-state index in [4.69, 9.17) is 4.74 Å². The third kappa shape index (κ3) is 3.14. The first kappa shape index (κ1) is 24.9. The molecular formula is C28H44O6. The van der Waals surface area contributed by atoms with Crippen LogP contribution in [0.3, 0.4) is 0 Å². The van der Waals surface area contributed by atoms with Crippen molar-refractivity contribution < 1.29 is 30.0 Å². The van der Waals surface area contributed by atoms with Crippen molar-refractivity contribution in [1.29, 1.82) is 0 Å². The highest BCUT2D eigenvalue weighted by Crippen LogP contribution is 2.69. The van der Waals surface area contributed by atoms with Gasteiger partial charge in [-0.1, -0.05) is 34.6 Å². The zero-order valence-electron chi connectivity index (χ0n) is 21.6. The summed E-state index contributed by atoms with van der Waals surface area (Å²) >= 11 is 0. The van der Waals surface area contributed by atoms with Crippen LogP contribution in [0.1, 0.15) is 80.1 Å². The van der Waals surface area contributed by atoms with E-state index in [2.05, 4.69) is 34.6 Å². The Kier molecular flexibility index (Phi) is 5.57. The lowest BCUT2D eigenvalue weighted by molar-refractivity contribution is -0.161. The summed E-state index contributed by atoms with van der Waals surface area (Å²) in [5, 5.41) is 44.9. The summed E-state index contributed by atoms with van der Waals surface area (Å²) in [6.07, 6.45) is 3.15. The molecule has 4 aliphatic carbocycles. The minimum Gasteiger partial charge on any atom is -0.390 e. The molecule has 1 heterocycles. The zero-order valence-corrected chi connectivity index (χ0v) is 21.6. The number of hydrogen-bond donors (Lipinski definition) is 4. The number of ketones is 1. The lowest BCUT2D eigenvalue weighted by Crippen LogP contribution is -2.62. The summed E-state index contributed by atoms with van der Waals surface area (Å²) < 4.78 is 6.06. The average Bonchev–Trinajstić information content (AvgIpc) is 3.49. The Balaban J connectivity index is 1.47. The predicted octanol–water partition coefficient (Wildman–Crippen LogP) is 3.00. The highest BCUT2D eigenvalue weighted by molar-refractivity contribution is 5.95. The van der Waals surface area contributed by atoms with E-state index in [0.29, 0.717) is 31.1 Å². The van der Waals surface area contributed by atoms with Gasteiger partial charge in [0.05, 0.1) is 29.5 Å². The van der Waals surface area contributed by atoms with E-state index in [1.807, 2.05) is 6.92 Å². The molecule has 0 unspecified atom stereocenters. The van der Waals surface area contributed by atoms with E-state index in [9.17, 15) is 25.2 Å². The number of ether oxygens (including phenoxy) is 1. The molecule has 0 spiro atoms. The van der Waals surface area contributed by atoms with Crippen molar-refractivity contribution in [3.63, 3.8) is 0 Å². The molecule has 3 saturated carbocycles. The van der Waals surface area contributed by atoms with Gasteiger partial charge in [0.1, 0.15) is 6.10 Å². The first-order valence-electron chi connectivity index (χ1n) is 13.4. The molecule has 0 aromatic carbocycles. The van der Waals surface area contributed by atoms with Gasteiger partial charge in [0.15, 0.2) is 5.78 Å². The summed E-state index contributed by atoms with van der Waals surface area (Å²) in [4.78, 5) is 13.3. The Bertz CT molecular complexity index is 895. The molecule has 1 saturated heterocycles. The van der Waals surface area contributed by atoms with Gasteiger partial charge in [0.25, 0.3) is 0 Å². The zero-order chi connectivity index (χ0) is 25.0. The lowest BCUT2D eigenvalue weighted by Gasteiger charge is -2.60. The second kappa shape index (κ2) is 7.61. The second-order valence-electron chi connectivity index (χ2n) is 13.4. The molecule has 4 N–H and O–H groups in total. The number of carbonyl (C=O) groups excluding carboxylic acids is 1. The maximum absolute atomic E-state index is 13.3. The number of fused-ring (bicyclic) bond motifs is 5. The quantitative estimate of drug-likeness (QED) is 0.464. The van der Waals surface area contributed by atoms with Gasteiger partial charge in [0.2, 0.25) is 0 Å². The predicted molar refractivity (Wildman–Crippen MR) is 128 cm³/mol. The molecule has 1 aliphatic heterocycles. The van der Waals surface area contributed by atoms with Gasteiger partial charge in [-0.2, -0.15) is 0 Å². The average molecular weight is 477 g/mol. The molecule has 0 radical (unpaired) electrons. The fourth-order valence-electron chi connectivity index (χ4n) is 8.88. The molecule has 5 aliphatic rings. The fraction of sp³-hybridized carbons (Fsp3) is 0.893. The highest BCUT2D eigenvalue weighted by Gasteiger charge is 2.71. The van der Waals surface area contributed by atoms with Crippen molar-refractivity contribution in [3.8, 4) is 0 Å². The minimum atomic E-state index is -1.16. The van der Waals surface area contributed by atoms with Crippen LogP contribution in [0.25, 0.3) is 0 Å². The van der Waals surface area contributed by atoms with E-state index >= 15 is 0 Å². The van der Waals surface area contributed by atoms with Crippen molar-refractivity contribution in [2.24, 2.45) is 40.4 Å². The van der Waals surface area contributed by atoms with Crippen LogP contribution in [-0.2, 0) is 9.53 Å². The van der Waals surface area contributed by atoms with Crippen LogP contribution in [-0.4, -0.2) is 61.8 Å². The van der Waals surface area contributed by atoms with E-state index < -0.39 is 34.2 Å². The summed E-state index contributed by atoms with van der Waals surface area (Å²) in [6, 6.07) is 0. The molecule has 12 atom stereocenters. The largest absolute Gasteiger partial charge is 0.390 e. The van der Waals surface area contributed by atoms with Gasteiger partial charge < -0.3 is 25.2 Å². The smallest absolute Gasteiger partial charge is 0.159 e. The summed E-state index contributed by atoms with van der Waals surface area (Å²) in [5.41, 5.74) is -2.46. The monoisotopic (exact) mass is 476 g/mol. The van der Waals surface area contributed by atoms with Gasteiger partial charge in [-0.3, -0.25) is 4.79 Å². The Morgan fingerprint density at radius 3 is 2.41 bits per heavy atom. The molecule has 4 fully saturated rings. The number of hydrogen-bond acceptors (Lipinski definition) is 6. The van der Waals surface area contributed by atoms with Crippen molar-refractivity contribution >= 4 is 5.78 Å². The molecule has 6 nitrogen and oxygen atoms in total. The maximum Gasteiger partial charge on any atom is 0.159 e. The Hall–Kier alpha value is -0.790. The topological polar surface area (TPSA) is 111 Å². The maximum atomic E-state index is 13.3. The Morgan fingerprint density at radius 2 is 1.76 bits per heavy atom. The first-order chi connectivity index (χ1) is 15.7. The van der Waals surface area contributed by atoms with Gasteiger partial charge in [-0.15, -0.1) is 0 Å². The van der Waals surface area contributed by atoms with Crippen molar-refractivity contribution in [3.05, 3.63) is 11.6 Å². The molecule has 6 heteroatoms. The molecule has 34 heavy (non-hydrogen) atoms. The Labute approximate surface area is 203 Å². The van der Waals surface area contributed by atoms with Gasteiger partial charge in [0, 0.05) is 11.3 Å². The van der Waals surface area contributed by atoms with E-state index in [-0.39, 0.29) is 42.2 Å². The molecule has 192 valence electrons. The van der Waals surface area contributed by atoms with Crippen LogP contribution in [0.2, 0.25) is 0 Å². The van der Waals surface area contributed by atoms with E-state index in [1.54, 1.807) is 6.08 Å². The molecule has 0 amide bonds. The van der Waals surface area contributed by atoms with Crippen LogP contribution >= 0.6 is 0 Å². The second-order valence-corrected chi connectivity index (χ2v) is 13.4. The number of allylic oxidation sites excluding steroid dienone is 1.